The van der Waals surface area contributed by atoms with Gasteiger partial charge in [0.2, 0.25) is 5.91 Å². The first-order valence-electron chi connectivity index (χ1n) is 9.21. The lowest BCUT2D eigenvalue weighted by Crippen LogP contribution is -2.38. The highest BCUT2D eigenvalue weighted by Crippen LogP contribution is 2.27. The molecule has 134 valence electrons. The van der Waals surface area contributed by atoms with Gasteiger partial charge >= 0.3 is 0 Å². The van der Waals surface area contributed by atoms with Gasteiger partial charge in [0.25, 0.3) is 0 Å². The van der Waals surface area contributed by atoms with E-state index in [0.29, 0.717) is 12.8 Å². The zero-order valence-corrected chi connectivity index (χ0v) is 14.8. The molecule has 0 aliphatic carbocycles. The van der Waals surface area contributed by atoms with Gasteiger partial charge in [0.05, 0.1) is 11.0 Å². The van der Waals surface area contributed by atoms with Crippen LogP contribution in [0.4, 0.5) is 5.69 Å². The van der Waals surface area contributed by atoms with Crippen LogP contribution < -0.4 is 4.90 Å². The Morgan fingerprint density at radius 3 is 2.81 bits per heavy atom. The Kier molecular flexibility index (Phi) is 4.71. The van der Waals surface area contributed by atoms with E-state index >= 15 is 0 Å². The lowest BCUT2D eigenvalue weighted by atomic mass is 10.0. The number of benzene rings is 2. The number of anilines is 1. The number of imidazole rings is 1. The van der Waals surface area contributed by atoms with E-state index < -0.39 is 0 Å². The fourth-order valence-corrected chi connectivity index (χ4v) is 3.74. The molecular weight excluding hydrogens is 326 g/mol. The molecule has 0 saturated carbocycles. The van der Waals surface area contributed by atoms with E-state index in [1.54, 1.807) is 0 Å². The number of aromatic nitrogens is 2. The minimum Gasteiger partial charge on any atom is -0.396 e. The second kappa shape index (κ2) is 7.30. The number of hydrogen-bond donors (Lipinski definition) is 1. The van der Waals surface area contributed by atoms with E-state index in [0.717, 1.165) is 41.9 Å². The number of aryl methyl sites for hydroxylation is 2. The second-order valence-electron chi connectivity index (χ2n) is 6.71. The van der Waals surface area contributed by atoms with Gasteiger partial charge in [-0.2, -0.15) is 0 Å². The highest BCUT2D eigenvalue weighted by Gasteiger charge is 2.23. The van der Waals surface area contributed by atoms with Gasteiger partial charge in [-0.3, -0.25) is 4.79 Å². The SMILES string of the molecule is O=C(Cn1c(CCCO)nc2ccccc21)N1CCCc2ccccc21. The van der Waals surface area contributed by atoms with Crippen molar-refractivity contribution in [1.29, 1.82) is 0 Å². The molecule has 4 rings (SSSR count). The summed E-state index contributed by atoms with van der Waals surface area (Å²) in [6.07, 6.45) is 3.32. The van der Waals surface area contributed by atoms with Crippen LogP contribution in [0.5, 0.6) is 0 Å². The van der Waals surface area contributed by atoms with E-state index in [-0.39, 0.29) is 19.1 Å². The summed E-state index contributed by atoms with van der Waals surface area (Å²) in [4.78, 5) is 19.7. The Bertz CT molecular complexity index is 932. The van der Waals surface area contributed by atoms with Crippen LogP contribution in [-0.4, -0.2) is 33.7 Å². The van der Waals surface area contributed by atoms with E-state index in [4.69, 9.17) is 0 Å². The number of carbonyl (C=O) groups is 1. The van der Waals surface area contributed by atoms with Crippen molar-refractivity contribution in [3.8, 4) is 0 Å². The number of rotatable bonds is 5. The van der Waals surface area contributed by atoms with Crippen molar-refractivity contribution in [1.82, 2.24) is 9.55 Å². The standard InChI is InChI=1S/C21H23N3O2/c25-14-6-12-20-22-17-9-2-4-11-19(17)24(20)15-21(26)23-13-5-8-16-7-1-3-10-18(16)23/h1-4,7,9-11,25H,5-6,8,12-15H2. The van der Waals surface area contributed by atoms with E-state index in [1.165, 1.54) is 5.56 Å². The summed E-state index contributed by atoms with van der Waals surface area (Å²) in [5.74, 6) is 0.949. The third kappa shape index (κ3) is 3.10. The minimum atomic E-state index is 0.0885. The summed E-state index contributed by atoms with van der Waals surface area (Å²) in [6.45, 7) is 1.15. The topological polar surface area (TPSA) is 58.4 Å². The molecule has 1 aliphatic rings. The predicted octanol–water partition coefficient (Wildman–Crippen LogP) is 2.94. The van der Waals surface area contributed by atoms with Crippen LogP contribution >= 0.6 is 0 Å². The maximum Gasteiger partial charge on any atom is 0.246 e. The highest BCUT2D eigenvalue weighted by molar-refractivity contribution is 5.95. The van der Waals surface area contributed by atoms with Crippen LogP contribution in [0.1, 0.15) is 24.2 Å². The molecule has 1 N–H and O–H groups in total. The Hall–Kier alpha value is -2.66. The molecule has 1 aromatic heterocycles. The zero-order chi connectivity index (χ0) is 17.9. The summed E-state index contributed by atoms with van der Waals surface area (Å²) in [5, 5.41) is 9.18. The molecule has 0 spiro atoms. The van der Waals surface area contributed by atoms with Crippen molar-refractivity contribution in [2.75, 3.05) is 18.1 Å². The summed E-state index contributed by atoms with van der Waals surface area (Å²) in [6, 6.07) is 16.1. The van der Waals surface area contributed by atoms with E-state index in [9.17, 15) is 9.90 Å². The number of aliphatic hydroxyl groups excluding tert-OH is 1. The van der Waals surface area contributed by atoms with Crippen molar-refractivity contribution < 1.29 is 9.90 Å². The number of hydrogen-bond acceptors (Lipinski definition) is 3. The first kappa shape index (κ1) is 16.8. The molecule has 0 atom stereocenters. The first-order chi connectivity index (χ1) is 12.8. The summed E-state index contributed by atoms with van der Waals surface area (Å²) in [5.41, 5.74) is 4.14. The van der Waals surface area contributed by atoms with Crippen LogP contribution in [0.3, 0.4) is 0 Å². The highest BCUT2D eigenvalue weighted by atomic mass is 16.3. The molecule has 0 saturated heterocycles. The Morgan fingerprint density at radius 2 is 1.92 bits per heavy atom. The monoisotopic (exact) mass is 349 g/mol. The lowest BCUT2D eigenvalue weighted by Gasteiger charge is -2.29. The Balaban J connectivity index is 1.66. The average molecular weight is 349 g/mol. The normalized spacial score (nSPS) is 13.8. The molecule has 0 unspecified atom stereocenters. The van der Waals surface area contributed by atoms with Crippen molar-refractivity contribution in [3.63, 3.8) is 0 Å². The largest absolute Gasteiger partial charge is 0.396 e. The lowest BCUT2D eigenvalue weighted by molar-refractivity contribution is -0.119. The molecule has 26 heavy (non-hydrogen) atoms. The number of aliphatic hydroxyl groups is 1. The van der Waals surface area contributed by atoms with E-state index in [1.807, 2.05) is 51.9 Å². The molecule has 5 heteroatoms. The van der Waals surface area contributed by atoms with Crippen molar-refractivity contribution in [3.05, 3.63) is 59.9 Å². The van der Waals surface area contributed by atoms with Crippen LogP contribution in [0.15, 0.2) is 48.5 Å². The van der Waals surface area contributed by atoms with Crippen molar-refractivity contribution in [2.24, 2.45) is 0 Å². The molecule has 0 bridgehead atoms. The number of carbonyl (C=O) groups excluding carboxylic acids is 1. The molecule has 1 aliphatic heterocycles. The maximum absolute atomic E-state index is 13.1. The van der Waals surface area contributed by atoms with Gasteiger partial charge < -0.3 is 14.6 Å². The fourth-order valence-electron chi connectivity index (χ4n) is 3.74. The number of nitrogens with zero attached hydrogens (tertiary/aromatic N) is 3. The van der Waals surface area contributed by atoms with Crippen LogP contribution in [-0.2, 0) is 24.2 Å². The van der Waals surface area contributed by atoms with Gasteiger partial charge in [0.15, 0.2) is 0 Å². The van der Waals surface area contributed by atoms with Crippen LogP contribution in [0.25, 0.3) is 11.0 Å². The molecule has 1 amide bonds. The van der Waals surface area contributed by atoms with Gasteiger partial charge in [-0.25, -0.2) is 4.98 Å². The van der Waals surface area contributed by atoms with Crippen LogP contribution in [0.2, 0.25) is 0 Å². The van der Waals surface area contributed by atoms with Gasteiger partial charge in [-0.1, -0.05) is 30.3 Å². The number of amides is 1. The molecule has 0 fully saturated rings. The average Bonchev–Trinajstić information content (AvgIpc) is 3.03. The summed E-state index contributed by atoms with van der Waals surface area (Å²) < 4.78 is 2.00. The van der Waals surface area contributed by atoms with Gasteiger partial charge in [-0.15, -0.1) is 0 Å². The third-order valence-electron chi connectivity index (χ3n) is 5.00. The third-order valence-corrected chi connectivity index (χ3v) is 5.00. The molecule has 0 radical (unpaired) electrons. The quantitative estimate of drug-likeness (QED) is 0.770. The van der Waals surface area contributed by atoms with E-state index in [2.05, 4.69) is 11.1 Å². The van der Waals surface area contributed by atoms with Crippen molar-refractivity contribution in [2.45, 2.75) is 32.2 Å². The number of fused-ring (bicyclic) bond motifs is 2. The van der Waals surface area contributed by atoms with Crippen LogP contribution in [0, 0.1) is 0 Å². The molecule has 2 heterocycles. The zero-order valence-electron chi connectivity index (χ0n) is 14.8. The predicted molar refractivity (Wildman–Crippen MR) is 102 cm³/mol. The minimum absolute atomic E-state index is 0.0885. The molecular formula is C21H23N3O2. The Labute approximate surface area is 152 Å². The van der Waals surface area contributed by atoms with Crippen molar-refractivity contribution >= 4 is 22.6 Å². The molecule has 2 aromatic carbocycles. The summed E-state index contributed by atoms with van der Waals surface area (Å²) in [7, 11) is 0. The first-order valence-corrected chi connectivity index (χ1v) is 9.21. The summed E-state index contributed by atoms with van der Waals surface area (Å²) >= 11 is 0. The second-order valence-corrected chi connectivity index (χ2v) is 6.71. The maximum atomic E-state index is 13.1. The number of para-hydroxylation sites is 3. The molecule has 5 nitrogen and oxygen atoms in total. The smallest absolute Gasteiger partial charge is 0.246 e. The Morgan fingerprint density at radius 1 is 1.12 bits per heavy atom. The van der Waals surface area contributed by atoms with Gasteiger partial charge in [0.1, 0.15) is 12.4 Å². The fraction of sp³-hybridized carbons (Fsp3) is 0.333. The van der Waals surface area contributed by atoms with Gasteiger partial charge in [0, 0.05) is 25.3 Å². The molecule has 3 aromatic rings. The van der Waals surface area contributed by atoms with Gasteiger partial charge in [-0.05, 0) is 43.0 Å².